The van der Waals surface area contributed by atoms with Gasteiger partial charge in [0.15, 0.2) is 17.9 Å². The van der Waals surface area contributed by atoms with Gasteiger partial charge in [-0.25, -0.2) is 9.97 Å². The summed E-state index contributed by atoms with van der Waals surface area (Å²) in [6.07, 6.45) is 3.09. The fourth-order valence-electron chi connectivity index (χ4n) is 2.53. The smallest absolute Gasteiger partial charge is 0.195 e. The van der Waals surface area contributed by atoms with Gasteiger partial charge in [0.2, 0.25) is 0 Å². The number of fused-ring (bicyclic) bond motifs is 1. The molecule has 0 unspecified atom stereocenters. The zero-order valence-electron chi connectivity index (χ0n) is 12.1. The molecule has 0 radical (unpaired) electrons. The van der Waals surface area contributed by atoms with Gasteiger partial charge in [-0.1, -0.05) is 11.6 Å². The van der Waals surface area contributed by atoms with Crippen molar-refractivity contribution in [3.05, 3.63) is 41.3 Å². The average molecular weight is 293 g/mol. The molecule has 6 nitrogen and oxygen atoms in total. The monoisotopic (exact) mass is 293 g/mol. The fourth-order valence-corrected chi connectivity index (χ4v) is 2.53. The summed E-state index contributed by atoms with van der Waals surface area (Å²) in [4.78, 5) is 19.6. The molecule has 6 heteroatoms. The second-order valence-corrected chi connectivity index (χ2v) is 5.68. The molecule has 0 aliphatic heterocycles. The Balaban J connectivity index is 1.77. The lowest BCUT2D eigenvalue weighted by atomic mass is 10.1. The van der Waals surface area contributed by atoms with Crippen LogP contribution in [0.4, 0.5) is 11.6 Å². The molecule has 0 amide bonds. The predicted octanol–water partition coefficient (Wildman–Crippen LogP) is 3.09. The first-order chi connectivity index (χ1) is 10.7. The van der Waals surface area contributed by atoms with Crippen molar-refractivity contribution in [2.75, 3.05) is 5.32 Å². The van der Waals surface area contributed by atoms with Gasteiger partial charge in [-0.3, -0.25) is 9.89 Å². The number of aromatic nitrogens is 4. The number of hydrogen-bond donors (Lipinski definition) is 2. The predicted molar refractivity (Wildman–Crippen MR) is 83.5 cm³/mol. The Morgan fingerprint density at radius 1 is 1.27 bits per heavy atom. The van der Waals surface area contributed by atoms with Crippen molar-refractivity contribution in [1.82, 2.24) is 20.2 Å². The summed E-state index contributed by atoms with van der Waals surface area (Å²) < 4.78 is 0. The van der Waals surface area contributed by atoms with Gasteiger partial charge >= 0.3 is 0 Å². The minimum Gasteiger partial charge on any atom is -0.323 e. The highest BCUT2D eigenvalue weighted by Gasteiger charge is 2.25. The minimum atomic E-state index is 0.164. The maximum Gasteiger partial charge on any atom is 0.195 e. The van der Waals surface area contributed by atoms with Gasteiger partial charge in [-0.2, -0.15) is 5.10 Å². The lowest BCUT2D eigenvalue weighted by molar-refractivity contribution is 0.111. The number of aromatic amines is 1. The van der Waals surface area contributed by atoms with Crippen molar-refractivity contribution in [3.8, 4) is 0 Å². The normalized spacial score (nSPS) is 14.2. The SMILES string of the molecule is Cc1ccc2nc(C=O)nc(Nc3cc(C4CC4)[nH]n3)c2c1. The van der Waals surface area contributed by atoms with Crippen LogP contribution in [0, 0.1) is 6.92 Å². The summed E-state index contributed by atoms with van der Waals surface area (Å²) in [6, 6.07) is 7.86. The molecule has 110 valence electrons. The molecule has 1 aromatic carbocycles. The molecule has 1 saturated carbocycles. The number of rotatable bonds is 4. The molecule has 1 fully saturated rings. The largest absolute Gasteiger partial charge is 0.323 e. The van der Waals surface area contributed by atoms with Gasteiger partial charge in [0.05, 0.1) is 5.52 Å². The van der Waals surface area contributed by atoms with Crippen LogP contribution in [0.3, 0.4) is 0 Å². The summed E-state index contributed by atoms with van der Waals surface area (Å²) >= 11 is 0. The molecule has 1 aliphatic rings. The maximum atomic E-state index is 11.0. The zero-order valence-corrected chi connectivity index (χ0v) is 12.1. The molecule has 0 spiro atoms. The van der Waals surface area contributed by atoms with E-state index < -0.39 is 0 Å². The number of hydrogen-bond acceptors (Lipinski definition) is 5. The van der Waals surface area contributed by atoms with Crippen LogP contribution >= 0.6 is 0 Å². The molecule has 22 heavy (non-hydrogen) atoms. The van der Waals surface area contributed by atoms with Gasteiger partial charge in [0, 0.05) is 23.1 Å². The Morgan fingerprint density at radius 3 is 2.91 bits per heavy atom. The quantitative estimate of drug-likeness (QED) is 0.722. The van der Waals surface area contributed by atoms with E-state index in [1.165, 1.54) is 12.8 Å². The van der Waals surface area contributed by atoms with Crippen LogP contribution in [0.1, 0.15) is 40.6 Å². The van der Waals surface area contributed by atoms with Crippen LogP contribution in [0.2, 0.25) is 0 Å². The van der Waals surface area contributed by atoms with Crippen molar-refractivity contribution in [2.24, 2.45) is 0 Å². The molecule has 0 atom stereocenters. The van der Waals surface area contributed by atoms with Gasteiger partial charge in [-0.05, 0) is 31.9 Å². The van der Waals surface area contributed by atoms with E-state index in [9.17, 15) is 4.79 Å². The van der Waals surface area contributed by atoms with Gasteiger partial charge in [-0.15, -0.1) is 0 Å². The Morgan fingerprint density at radius 2 is 2.14 bits per heavy atom. The number of aryl methyl sites for hydroxylation is 1. The van der Waals surface area contributed by atoms with Crippen LogP contribution in [0.5, 0.6) is 0 Å². The van der Waals surface area contributed by atoms with Crippen LogP contribution in [0.15, 0.2) is 24.3 Å². The summed E-state index contributed by atoms with van der Waals surface area (Å²) in [5.74, 6) is 2.08. The van der Waals surface area contributed by atoms with E-state index >= 15 is 0 Å². The number of aldehydes is 1. The highest BCUT2D eigenvalue weighted by Crippen LogP contribution is 2.39. The second-order valence-electron chi connectivity index (χ2n) is 5.68. The molecule has 0 saturated heterocycles. The molecular weight excluding hydrogens is 278 g/mol. The Hall–Kier alpha value is -2.76. The van der Waals surface area contributed by atoms with Crippen molar-refractivity contribution < 1.29 is 4.79 Å². The van der Waals surface area contributed by atoms with Gasteiger partial charge in [0.1, 0.15) is 5.82 Å². The fraction of sp³-hybridized carbons (Fsp3) is 0.250. The zero-order chi connectivity index (χ0) is 15.1. The van der Waals surface area contributed by atoms with Crippen molar-refractivity contribution in [2.45, 2.75) is 25.7 Å². The van der Waals surface area contributed by atoms with Crippen molar-refractivity contribution >= 4 is 28.8 Å². The Kier molecular flexibility index (Phi) is 2.89. The molecule has 2 aromatic heterocycles. The lowest BCUT2D eigenvalue weighted by Crippen LogP contribution is -2.01. The first kappa shape index (κ1) is 12.9. The van der Waals surface area contributed by atoms with Gasteiger partial charge in [0.25, 0.3) is 0 Å². The Labute approximate surface area is 127 Å². The van der Waals surface area contributed by atoms with E-state index in [1.54, 1.807) is 0 Å². The number of anilines is 2. The number of benzene rings is 1. The minimum absolute atomic E-state index is 0.164. The van der Waals surface area contributed by atoms with Gasteiger partial charge < -0.3 is 5.32 Å². The molecule has 1 aliphatic carbocycles. The van der Waals surface area contributed by atoms with Crippen molar-refractivity contribution in [1.29, 1.82) is 0 Å². The van der Waals surface area contributed by atoms with Crippen LogP contribution < -0.4 is 5.32 Å². The van der Waals surface area contributed by atoms with Crippen LogP contribution in [-0.4, -0.2) is 26.5 Å². The average Bonchev–Trinajstić information content (AvgIpc) is 3.27. The topological polar surface area (TPSA) is 83.6 Å². The summed E-state index contributed by atoms with van der Waals surface area (Å²) in [5.41, 5.74) is 2.99. The molecule has 4 rings (SSSR count). The highest BCUT2D eigenvalue weighted by atomic mass is 16.1. The number of H-pyrrole nitrogens is 1. The van der Waals surface area contributed by atoms with E-state index in [0.29, 0.717) is 23.8 Å². The number of carbonyl (C=O) groups is 1. The van der Waals surface area contributed by atoms with E-state index in [2.05, 4.69) is 25.5 Å². The summed E-state index contributed by atoms with van der Waals surface area (Å²) in [6.45, 7) is 2.01. The lowest BCUT2D eigenvalue weighted by Gasteiger charge is -2.07. The maximum absolute atomic E-state index is 11.0. The highest BCUT2D eigenvalue weighted by molar-refractivity contribution is 5.92. The molecule has 3 aromatic rings. The second kappa shape index (κ2) is 4.91. The number of carbonyl (C=O) groups excluding carboxylic acids is 1. The third kappa shape index (κ3) is 2.32. The van der Waals surface area contributed by atoms with Crippen LogP contribution in [0.25, 0.3) is 10.9 Å². The third-order valence-corrected chi connectivity index (χ3v) is 3.84. The molecular formula is C16H15N5O. The van der Waals surface area contributed by atoms with E-state index in [0.717, 1.165) is 22.2 Å². The molecule has 2 heterocycles. The van der Waals surface area contributed by atoms with E-state index in [-0.39, 0.29) is 5.82 Å². The first-order valence-electron chi connectivity index (χ1n) is 7.29. The van der Waals surface area contributed by atoms with Crippen molar-refractivity contribution in [3.63, 3.8) is 0 Å². The number of nitrogens with zero attached hydrogens (tertiary/aromatic N) is 3. The third-order valence-electron chi connectivity index (χ3n) is 3.84. The number of nitrogens with one attached hydrogen (secondary N) is 2. The summed E-state index contributed by atoms with van der Waals surface area (Å²) in [7, 11) is 0. The van der Waals surface area contributed by atoms with Crippen LogP contribution in [-0.2, 0) is 0 Å². The standard InChI is InChI=1S/C16H15N5O/c1-9-2-5-12-11(6-9)16(19-15(8-22)17-12)18-14-7-13(20-21-14)10-3-4-10/h2,5-8,10H,3-4H2,1H3,(H2,17,18,19,20,21). The summed E-state index contributed by atoms with van der Waals surface area (Å²) in [5, 5.41) is 11.4. The first-order valence-corrected chi connectivity index (χ1v) is 7.29. The van der Waals surface area contributed by atoms with E-state index in [1.807, 2.05) is 31.2 Å². The molecule has 2 N–H and O–H groups in total. The van der Waals surface area contributed by atoms with E-state index in [4.69, 9.17) is 0 Å². The Bertz CT molecular complexity index is 866. The molecule has 0 bridgehead atoms.